The minimum absolute atomic E-state index is 0.0865. The molecule has 47 heavy (non-hydrogen) atoms. The van der Waals surface area contributed by atoms with Gasteiger partial charge in [0.05, 0.1) is 36.8 Å². The summed E-state index contributed by atoms with van der Waals surface area (Å²) in [6.45, 7) is 9.22. The van der Waals surface area contributed by atoms with Crippen molar-refractivity contribution in [3.8, 4) is 5.75 Å². The minimum Gasteiger partial charge on any atom is -0.490 e. The number of aromatic nitrogens is 1. The predicted molar refractivity (Wildman–Crippen MR) is 168 cm³/mol. The van der Waals surface area contributed by atoms with E-state index in [-0.39, 0.29) is 48.7 Å². The average molecular weight is 670 g/mol. The number of amides is 4. The number of hydrogen-bond donors (Lipinski definition) is 3. The van der Waals surface area contributed by atoms with Crippen LogP contribution in [0.25, 0.3) is 0 Å². The van der Waals surface area contributed by atoms with E-state index in [2.05, 4.69) is 15.8 Å². The molecular formula is C32H46F3N5O7. The molecule has 0 saturated carbocycles. The molecule has 0 aliphatic carbocycles. The molecule has 0 radical (unpaired) electrons. The molecule has 2 heterocycles. The molecule has 4 atom stereocenters. The van der Waals surface area contributed by atoms with Crippen LogP contribution in [-0.4, -0.2) is 95.7 Å². The Morgan fingerprint density at radius 2 is 1.91 bits per heavy atom. The average Bonchev–Trinajstić information content (AvgIpc) is 3.33. The number of nitrogens with zero attached hydrogens (tertiary/aromatic N) is 3. The quantitative estimate of drug-likeness (QED) is 0.333. The monoisotopic (exact) mass is 669 g/mol. The number of aryl methyl sites for hydroxylation is 2. The molecule has 0 unspecified atom stereocenters. The van der Waals surface area contributed by atoms with E-state index in [1.807, 2.05) is 13.8 Å². The number of benzene rings is 1. The number of hydrogen-bond acceptors (Lipinski definition) is 8. The molecule has 0 saturated heterocycles. The summed E-state index contributed by atoms with van der Waals surface area (Å²) in [7, 11) is 1.63. The van der Waals surface area contributed by atoms with Crippen LogP contribution in [0.3, 0.4) is 0 Å². The summed E-state index contributed by atoms with van der Waals surface area (Å²) in [4.78, 5) is 42.5. The van der Waals surface area contributed by atoms with Crippen molar-refractivity contribution in [1.29, 1.82) is 0 Å². The Labute approximate surface area is 272 Å². The van der Waals surface area contributed by atoms with Crippen molar-refractivity contribution in [2.45, 2.75) is 91.1 Å². The van der Waals surface area contributed by atoms with Gasteiger partial charge in [-0.25, -0.2) is 4.79 Å². The number of aliphatic hydroxyl groups excluding tert-OH is 1. The van der Waals surface area contributed by atoms with Gasteiger partial charge < -0.3 is 39.5 Å². The van der Waals surface area contributed by atoms with E-state index in [1.165, 1.54) is 28.0 Å². The topological polar surface area (TPSA) is 146 Å². The number of fused-ring (bicyclic) bond motifs is 1. The zero-order chi connectivity index (χ0) is 34.9. The van der Waals surface area contributed by atoms with E-state index >= 15 is 0 Å². The molecule has 1 aliphatic rings. The largest absolute Gasteiger partial charge is 0.490 e. The van der Waals surface area contributed by atoms with Crippen LogP contribution in [0.5, 0.6) is 5.75 Å². The minimum atomic E-state index is -4.48. The number of halogens is 3. The van der Waals surface area contributed by atoms with Crippen molar-refractivity contribution in [1.82, 2.24) is 15.0 Å². The highest BCUT2D eigenvalue weighted by atomic mass is 19.4. The Balaban J connectivity index is 1.89. The molecule has 12 nitrogen and oxygen atoms in total. The van der Waals surface area contributed by atoms with Crippen molar-refractivity contribution in [3.63, 3.8) is 0 Å². The molecule has 262 valence electrons. The van der Waals surface area contributed by atoms with Crippen molar-refractivity contribution < 1.29 is 46.7 Å². The molecular weight excluding hydrogens is 623 g/mol. The van der Waals surface area contributed by atoms with Gasteiger partial charge in [0.2, 0.25) is 5.91 Å². The fraction of sp³-hybridized carbons (Fsp3) is 0.625. The summed E-state index contributed by atoms with van der Waals surface area (Å²) in [5.41, 5.74) is 1.25. The Morgan fingerprint density at radius 3 is 2.55 bits per heavy atom. The second kappa shape index (κ2) is 16.8. The molecule has 3 N–H and O–H groups in total. The third-order valence-electron chi connectivity index (χ3n) is 8.04. The van der Waals surface area contributed by atoms with E-state index in [0.29, 0.717) is 30.2 Å². The van der Waals surface area contributed by atoms with Crippen LogP contribution in [-0.2, 0) is 9.53 Å². The number of rotatable bonds is 8. The fourth-order valence-corrected chi connectivity index (χ4v) is 5.16. The van der Waals surface area contributed by atoms with E-state index in [1.54, 1.807) is 27.8 Å². The molecule has 1 aliphatic heterocycles. The van der Waals surface area contributed by atoms with Crippen LogP contribution in [0.1, 0.15) is 74.7 Å². The maximum absolute atomic E-state index is 14.2. The molecule has 0 spiro atoms. The first kappa shape index (κ1) is 37.6. The first-order valence-corrected chi connectivity index (χ1v) is 15.7. The van der Waals surface area contributed by atoms with Gasteiger partial charge in [-0.1, -0.05) is 12.1 Å². The van der Waals surface area contributed by atoms with Gasteiger partial charge in [0.15, 0.2) is 5.76 Å². The first-order chi connectivity index (χ1) is 22.1. The number of alkyl halides is 3. The Morgan fingerprint density at radius 1 is 1.19 bits per heavy atom. The third-order valence-corrected chi connectivity index (χ3v) is 8.04. The van der Waals surface area contributed by atoms with Crippen LogP contribution >= 0.6 is 0 Å². The Bertz CT molecular complexity index is 1350. The normalized spacial score (nSPS) is 20.4. The number of carbonyl (C=O) groups is 3. The summed E-state index contributed by atoms with van der Waals surface area (Å²) >= 11 is 0. The first-order valence-electron chi connectivity index (χ1n) is 15.7. The SMILES string of the molecule is Cc1noc(C)c1NC(=O)N(C)C[C@@H]1OCCCC[C@@H](C)Oc2ccc(NC(=O)CCC(F)(F)F)cc2C(=O)N([C@@H](C)CO)C[C@H]1C. The van der Waals surface area contributed by atoms with Crippen molar-refractivity contribution in [2.24, 2.45) is 5.92 Å². The zero-order valence-electron chi connectivity index (χ0n) is 27.8. The number of anilines is 2. The van der Waals surface area contributed by atoms with Crippen LogP contribution < -0.4 is 15.4 Å². The lowest BCUT2D eigenvalue weighted by molar-refractivity contribution is -0.142. The van der Waals surface area contributed by atoms with Gasteiger partial charge in [0.25, 0.3) is 5.91 Å². The summed E-state index contributed by atoms with van der Waals surface area (Å²) in [6.07, 6.45) is -5.19. The Hall–Kier alpha value is -3.85. The van der Waals surface area contributed by atoms with Gasteiger partial charge in [0.1, 0.15) is 17.1 Å². The maximum Gasteiger partial charge on any atom is 0.389 e. The molecule has 15 heteroatoms. The fourth-order valence-electron chi connectivity index (χ4n) is 5.16. The van der Waals surface area contributed by atoms with E-state index in [4.69, 9.17) is 14.0 Å². The molecule has 4 amide bonds. The second-order valence-electron chi connectivity index (χ2n) is 12.2. The van der Waals surface area contributed by atoms with Gasteiger partial charge >= 0.3 is 12.2 Å². The Kier molecular flexibility index (Phi) is 13.5. The van der Waals surface area contributed by atoms with E-state index in [0.717, 1.165) is 12.8 Å². The van der Waals surface area contributed by atoms with Crippen molar-refractivity contribution in [2.75, 3.05) is 44.0 Å². The lowest BCUT2D eigenvalue weighted by atomic mass is 10.0. The molecule has 1 aromatic heterocycles. The van der Waals surface area contributed by atoms with Gasteiger partial charge in [-0.2, -0.15) is 13.2 Å². The highest BCUT2D eigenvalue weighted by Gasteiger charge is 2.32. The number of urea groups is 1. The number of aliphatic hydroxyl groups is 1. The van der Waals surface area contributed by atoms with Crippen molar-refractivity contribution in [3.05, 3.63) is 35.2 Å². The molecule has 0 fully saturated rings. The maximum atomic E-state index is 14.2. The van der Waals surface area contributed by atoms with Crippen LogP contribution in [0, 0.1) is 19.8 Å². The van der Waals surface area contributed by atoms with Crippen LogP contribution in [0.4, 0.5) is 29.3 Å². The molecule has 2 aromatic rings. The van der Waals surface area contributed by atoms with Gasteiger partial charge in [-0.15, -0.1) is 0 Å². The predicted octanol–water partition coefficient (Wildman–Crippen LogP) is 5.53. The molecule has 3 rings (SSSR count). The summed E-state index contributed by atoms with van der Waals surface area (Å²) < 4.78 is 55.6. The number of carbonyl (C=O) groups excluding carboxylic acids is 3. The third kappa shape index (κ3) is 11.1. The van der Waals surface area contributed by atoms with Crippen LogP contribution in [0.2, 0.25) is 0 Å². The molecule has 0 bridgehead atoms. The van der Waals surface area contributed by atoms with Crippen molar-refractivity contribution >= 4 is 29.2 Å². The van der Waals surface area contributed by atoms with E-state index in [9.17, 15) is 32.7 Å². The summed E-state index contributed by atoms with van der Waals surface area (Å²) in [5, 5.41) is 19.2. The van der Waals surface area contributed by atoms with Crippen LogP contribution in [0.15, 0.2) is 22.7 Å². The van der Waals surface area contributed by atoms with E-state index < -0.39 is 49.0 Å². The summed E-state index contributed by atoms with van der Waals surface area (Å²) in [5.74, 6) is -0.951. The highest BCUT2D eigenvalue weighted by molar-refractivity contribution is 5.99. The second-order valence-corrected chi connectivity index (χ2v) is 12.2. The number of likely N-dealkylation sites (N-methyl/N-ethyl adjacent to an activating group) is 1. The van der Waals surface area contributed by atoms with Gasteiger partial charge in [0, 0.05) is 44.8 Å². The highest BCUT2D eigenvalue weighted by Crippen LogP contribution is 2.29. The smallest absolute Gasteiger partial charge is 0.389 e. The van der Waals surface area contributed by atoms with Gasteiger partial charge in [-0.3, -0.25) is 9.59 Å². The van der Waals surface area contributed by atoms with Gasteiger partial charge in [-0.05, 0) is 65.2 Å². The standard InChI is InChI=1S/C32H46F3N5O7/c1-19-16-40(20(2)18-41)30(43)25-15-24(36-28(42)12-13-32(33,34)35)10-11-26(25)46-21(3)9-7-8-14-45-27(19)17-39(6)31(44)37-29-22(4)38-47-23(29)5/h10-11,15,19-21,27,41H,7-9,12-14,16-18H2,1-6H3,(H,36,42)(H,37,44)/t19-,20+,21-,27+/m1/s1. The molecule has 1 aromatic carbocycles. The lowest BCUT2D eigenvalue weighted by Gasteiger charge is -2.35. The number of nitrogens with one attached hydrogen (secondary N) is 2. The lowest BCUT2D eigenvalue weighted by Crippen LogP contribution is -2.48. The number of ether oxygens (including phenoxy) is 2. The zero-order valence-corrected chi connectivity index (χ0v) is 27.8. The summed E-state index contributed by atoms with van der Waals surface area (Å²) in [6, 6.07) is 3.33.